The molecule has 3 aromatic rings. The fraction of sp³-hybridized carbons (Fsp3) is 0.158. The first-order chi connectivity index (χ1) is 13.5. The van der Waals surface area contributed by atoms with Crippen LogP contribution in [0.15, 0.2) is 54.2 Å². The maximum absolute atomic E-state index is 13.3. The smallest absolute Gasteiger partial charge is 0.191 e. The van der Waals surface area contributed by atoms with Crippen LogP contribution in [0.1, 0.15) is 11.4 Å². The number of rotatable bonds is 8. The summed E-state index contributed by atoms with van der Waals surface area (Å²) in [4.78, 5) is 0. The summed E-state index contributed by atoms with van der Waals surface area (Å²) in [6.45, 7) is 4.43. The maximum atomic E-state index is 13.3. The van der Waals surface area contributed by atoms with Crippen molar-refractivity contribution in [3.05, 3.63) is 81.3 Å². The quantitative estimate of drug-likeness (QED) is 0.288. The third kappa shape index (κ3) is 5.00. The summed E-state index contributed by atoms with van der Waals surface area (Å²) in [6.07, 6.45) is 1.74. The monoisotopic (exact) mass is 457 g/mol. The van der Waals surface area contributed by atoms with E-state index in [1.807, 2.05) is 4.57 Å². The number of halogens is 4. The van der Waals surface area contributed by atoms with Crippen molar-refractivity contribution >= 4 is 46.6 Å². The first-order valence-corrected chi connectivity index (χ1v) is 10.3. The largest absolute Gasteiger partial charge is 0.486 e. The molecule has 28 heavy (non-hydrogen) atoms. The van der Waals surface area contributed by atoms with E-state index in [0.717, 1.165) is 5.56 Å². The minimum Gasteiger partial charge on any atom is -0.486 e. The van der Waals surface area contributed by atoms with E-state index in [4.69, 9.17) is 39.5 Å². The van der Waals surface area contributed by atoms with Crippen LogP contribution in [0.4, 0.5) is 4.39 Å². The molecule has 0 atom stereocenters. The van der Waals surface area contributed by atoms with Gasteiger partial charge in [0.2, 0.25) is 0 Å². The highest BCUT2D eigenvalue weighted by Crippen LogP contribution is 2.31. The van der Waals surface area contributed by atoms with Crippen molar-refractivity contribution in [3.63, 3.8) is 0 Å². The molecule has 4 nitrogen and oxygen atoms in total. The van der Waals surface area contributed by atoms with E-state index >= 15 is 0 Å². The van der Waals surface area contributed by atoms with Crippen molar-refractivity contribution in [2.75, 3.05) is 0 Å². The van der Waals surface area contributed by atoms with Crippen LogP contribution in [0.25, 0.3) is 0 Å². The molecule has 1 aromatic heterocycles. The molecule has 0 aliphatic rings. The molecule has 9 heteroatoms. The molecule has 3 rings (SSSR count). The lowest BCUT2D eigenvalue weighted by Crippen LogP contribution is -2.07. The van der Waals surface area contributed by atoms with Crippen LogP contribution in [0.2, 0.25) is 15.1 Å². The van der Waals surface area contributed by atoms with Gasteiger partial charge >= 0.3 is 0 Å². The summed E-state index contributed by atoms with van der Waals surface area (Å²) in [5, 5.41) is 10.3. The fourth-order valence-electron chi connectivity index (χ4n) is 2.37. The predicted molar refractivity (Wildman–Crippen MR) is 112 cm³/mol. The van der Waals surface area contributed by atoms with Crippen LogP contribution in [-0.2, 0) is 18.9 Å². The van der Waals surface area contributed by atoms with Gasteiger partial charge in [-0.3, -0.25) is 4.57 Å². The van der Waals surface area contributed by atoms with Crippen LogP contribution in [0.5, 0.6) is 5.75 Å². The molecule has 0 radical (unpaired) electrons. The minimum atomic E-state index is -0.499. The van der Waals surface area contributed by atoms with Crippen molar-refractivity contribution in [2.45, 2.75) is 24.1 Å². The van der Waals surface area contributed by atoms with E-state index in [2.05, 4.69) is 16.8 Å². The van der Waals surface area contributed by atoms with Gasteiger partial charge in [-0.2, -0.15) is 0 Å². The van der Waals surface area contributed by atoms with Gasteiger partial charge in [0.15, 0.2) is 11.0 Å². The Morgan fingerprint density at radius 3 is 2.54 bits per heavy atom. The Labute approximate surface area is 181 Å². The number of hydrogen-bond donors (Lipinski definition) is 0. The van der Waals surface area contributed by atoms with Gasteiger partial charge < -0.3 is 4.74 Å². The Morgan fingerprint density at radius 1 is 1.11 bits per heavy atom. The zero-order valence-electron chi connectivity index (χ0n) is 14.5. The number of thioether (sulfide) groups is 1. The molecule has 0 unspecified atom stereocenters. The Morgan fingerprint density at radius 2 is 1.86 bits per heavy atom. The highest BCUT2D eigenvalue weighted by molar-refractivity contribution is 7.98. The van der Waals surface area contributed by atoms with Gasteiger partial charge in [0.1, 0.15) is 18.2 Å². The number of aromatic nitrogens is 3. The first-order valence-electron chi connectivity index (χ1n) is 8.16. The van der Waals surface area contributed by atoms with E-state index in [9.17, 15) is 4.39 Å². The fourth-order valence-corrected chi connectivity index (χ4v) is 4.25. The van der Waals surface area contributed by atoms with Gasteiger partial charge in [0.05, 0.1) is 5.02 Å². The van der Waals surface area contributed by atoms with Crippen molar-refractivity contribution in [1.29, 1.82) is 0 Å². The van der Waals surface area contributed by atoms with E-state index in [1.54, 1.807) is 24.3 Å². The molecule has 0 aliphatic carbocycles. The lowest BCUT2D eigenvalue weighted by molar-refractivity contribution is 0.288. The molecule has 0 saturated carbocycles. The first kappa shape index (κ1) is 21.0. The second kappa shape index (κ2) is 9.65. The maximum Gasteiger partial charge on any atom is 0.191 e. The highest BCUT2D eigenvalue weighted by atomic mass is 35.5. The lowest BCUT2D eigenvalue weighted by Gasteiger charge is -2.10. The van der Waals surface area contributed by atoms with Gasteiger partial charge in [-0.05, 0) is 29.8 Å². The van der Waals surface area contributed by atoms with Gasteiger partial charge in [-0.15, -0.1) is 16.8 Å². The zero-order chi connectivity index (χ0) is 20.1. The second-order valence-electron chi connectivity index (χ2n) is 5.65. The standard InChI is InChI=1S/C19H15Cl3FN3OS/c1-2-8-26-18(10-27-12-6-7-17(23)16(22)9-12)24-25-19(26)28-11-13-14(20)4-3-5-15(13)21/h2-7,9H,1,8,10-11H2. The molecule has 2 aromatic carbocycles. The van der Waals surface area contributed by atoms with Crippen molar-refractivity contribution < 1.29 is 9.13 Å². The molecule has 0 amide bonds. The Bertz CT molecular complexity index is 976. The predicted octanol–water partition coefficient (Wildman–Crippen LogP) is 6.43. The van der Waals surface area contributed by atoms with Crippen LogP contribution < -0.4 is 4.74 Å². The minimum absolute atomic E-state index is 0.00192. The van der Waals surface area contributed by atoms with E-state index in [-0.39, 0.29) is 11.6 Å². The van der Waals surface area contributed by atoms with Gasteiger partial charge in [0.25, 0.3) is 0 Å². The van der Waals surface area contributed by atoms with E-state index in [0.29, 0.717) is 39.1 Å². The van der Waals surface area contributed by atoms with E-state index in [1.165, 1.54) is 30.0 Å². The zero-order valence-corrected chi connectivity index (χ0v) is 17.6. The number of ether oxygens (including phenoxy) is 1. The Balaban J connectivity index is 1.73. The number of benzene rings is 2. The van der Waals surface area contributed by atoms with E-state index < -0.39 is 5.82 Å². The summed E-state index contributed by atoms with van der Waals surface area (Å²) in [5.41, 5.74) is 0.836. The normalized spacial score (nSPS) is 10.9. The molecule has 0 saturated heterocycles. The summed E-state index contributed by atoms with van der Waals surface area (Å²) >= 11 is 19.7. The third-order valence-corrected chi connectivity index (χ3v) is 5.76. The number of hydrogen-bond acceptors (Lipinski definition) is 4. The summed E-state index contributed by atoms with van der Waals surface area (Å²) in [5.74, 6) is 1.09. The topological polar surface area (TPSA) is 39.9 Å². The average molecular weight is 459 g/mol. The Hall–Kier alpha value is -1.73. The van der Waals surface area contributed by atoms with Crippen molar-refractivity contribution in [2.24, 2.45) is 0 Å². The van der Waals surface area contributed by atoms with Gasteiger partial charge in [-0.1, -0.05) is 58.7 Å². The Kier molecular flexibility index (Phi) is 7.24. The van der Waals surface area contributed by atoms with Crippen molar-refractivity contribution in [3.8, 4) is 5.75 Å². The second-order valence-corrected chi connectivity index (χ2v) is 7.82. The number of allylic oxidation sites excluding steroid dienone is 1. The molecule has 0 N–H and O–H groups in total. The summed E-state index contributed by atoms with van der Waals surface area (Å²) in [6, 6.07) is 9.57. The average Bonchev–Trinajstić information content (AvgIpc) is 3.04. The van der Waals surface area contributed by atoms with Crippen LogP contribution >= 0.6 is 46.6 Å². The van der Waals surface area contributed by atoms with Gasteiger partial charge in [-0.25, -0.2) is 4.39 Å². The summed E-state index contributed by atoms with van der Waals surface area (Å²) < 4.78 is 20.8. The van der Waals surface area contributed by atoms with Gasteiger partial charge in [0, 0.05) is 28.4 Å². The van der Waals surface area contributed by atoms with Crippen LogP contribution in [0.3, 0.4) is 0 Å². The lowest BCUT2D eigenvalue weighted by atomic mass is 10.2. The third-order valence-electron chi connectivity index (χ3n) is 3.77. The van der Waals surface area contributed by atoms with Crippen LogP contribution in [0, 0.1) is 5.82 Å². The molecule has 0 bridgehead atoms. The summed E-state index contributed by atoms with van der Waals surface area (Å²) in [7, 11) is 0. The SMILES string of the molecule is C=CCn1c(COc2ccc(F)c(Cl)c2)nnc1SCc1c(Cl)cccc1Cl. The molecule has 146 valence electrons. The molecule has 0 aliphatic heterocycles. The van der Waals surface area contributed by atoms with Crippen molar-refractivity contribution in [1.82, 2.24) is 14.8 Å². The molecular formula is C19H15Cl3FN3OS. The molecule has 1 heterocycles. The molecule has 0 fully saturated rings. The number of nitrogens with zero attached hydrogens (tertiary/aromatic N) is 3. The highest BCUT2D eigenvalue weighted by Gasteiger charge is 2.15. The van der Waals surface area contributed by atoms with Crippen LogP contribution in [-0.4, -0.2) is 14.8 Å². The molecular weight excluding hydrogens is 444 g/mol. The molecule has 0 spiro atoms.